The molecule has 0 bridgehead atoms. The Bertz CT molecular complexity index is 387. The third-order valence-electron chi connectivity index (χ3n) is 3.51. The third-order valence-corrected chi connectivity index (χ3v) is 3.51. The second kappa shape index (κ2) is 7.09. The average molecular weight is 287 g/mol. The second-order valence-corrected chi connectivity index (χ2v) is 4.93. The fourth-order valence-corrected chi connectivity index (χ4v) is 2.19. The Hall–Kier alpha value is -1.83. The predicted molar refractivity (Wildman–Crippen MR) is 70.5 cm³/mol. The molecule has 0 aliphatic carbocycles. The average Bonchev–Trinajstić information content (AvgIpc) is 2.37. The maximum Gasteiger partial charge on any atom is 0.326 e. The molecule has 3 N–H and O–H groups in total. The Morgan fingerprint density at radius 2 is 1.95 bits per heavy atom. The highest BCUT2D eigenvalue weighted by atomic mass is 16.4. The van der Waals surface area contributed by atoms with Crippen LogP contribution in [0.1, 0.15) is 19.8 Å². The normalized spacial score (nSPS) is 21.3. The molecule has 1 rings (SSSR count). The number of rotatable bonds is 5. The summed E-state index contributed by atoms with van der Waals surface area (Å²) in [4.78, 5) is 37.2. The number of nitrogens with one attached hydrogen (secondary N) is 1. The smallest absolute Gasteiger partial charge is 0.326 e. The van der Waals surface area contributed by atoms with E-state index in [2.05, 4.69) is 10.2 Å². The SMILES string of the molecule is CCC1CN(C(=O)N[C@@H](CC(=O)O)C(=O)O)CCN1C. The van der Waals surface area contributed by atoms with E-state index in [1.54, 1.807) is 0 Å². The standard InChI is InChI=1S/C12H21N3O5/c1-3-8-7-15(5-4-14(8)2)12(20)13-9(11(18)19)6-10(16)17/h8-9H,3-7H2,1-2H3,(H,13,20)(H,16,17)(H,18,19)/t8?,9-/m0/s1. The van der Waals surface area contributed by atoms with Crippen LogP contribution in [0.3, 0.4) is 0 Å². The Morgan fingerprint density at radius 1 is 1.30 bits per heavy atom. The first-order chi connectivity index (χ1) is 9.35. The van der Waals surface area contributed by atoms with Crippen LogP contribution in [0.4, 0.5) is 4.79 Å². The number of urea groups is 1. The van der Waals surface area contributed by atoms with Gasteiger partial charge in [-0.05, 0) is 13.5 Å². The zero-order valence-corrected chi connectivity index (χ0v) is 11.7. The second-order valence-electron chi connectivity index (χ2n) is 4.93. The Morgan fingerprint density at radius 3 is 2.45 bits per heavy atom. The lowest BCUT2D eigenvalue weighted by atomic mass is 10.1. The highest BCUT2D eigenvalue weighted by Gasteiger charge is 2.29. The van der Waals surface area contributed by atoms with Crippen LogP contribution in [0.15, 0.2) is 0 Å². The number of nitrogens with zero attached hydrogens (tertiary/aromatic N) is 2. The van der Waals surface area contributed by atoms with Crippen LogP contribution >= 0.6 is 0 Å². The molecule has 8 nitrogen and oxygen atoms in total. The van der Waals surface area contributed by atoms with Crippen molar-refractivity contribution in [3.8, 4) is 0 Å². The number of hydrogen-bond acceptors (Lipinski definition) is 4. The Labute approximate surface area is 117 Å². The van der Waals surface area contributed by atoms with Crippen molar-refractivity contribution in [3.05, 3.63) is 0 Å². The number of carboxylic acids is 2. The molecule has 0 saturated carbocycles. The van der Waals surface area contributed by atoms with Crippen molar-refractivity contribution >= 4 is 18.0 Å². The largest absolute Gasteiger partial charge is 0.481 e. The lowest BCUT2D eigenvalue weighted by Crippen LogP contribution is -2.57. The van der Waals surface area contributed by atoms with Gasteiger partial charge in [-0.3, -0.25) is 9.69 Å². The summed E-state index contributed by atoms with van der Waals surface area (Å²) < 4.78 is 0. The van der Waals surface area contributed by atoms with E-state index in [9.17, 15) is 14.4 Å². The first-order valence-electron chi connectivity index (χ1n) is 6.55. The molecule has 0 aromatic carbocycles. The van der Waals surface area contributed by atoms with Gasteiger partial charge in [-0.2, -0.15) is 0 Å². The fourth-order valence-electron chi connectivity index (χ4n) is 2.19. The van der Waals surface area contributed by atoms with Crippen LogP contribution in [-0.2, 0) is 9.59 Å². The lowest BCUT2D eigenvalue weighted by molar-refractivity contribution is -0.145. The first kappa shape index (κ1) is 16.2. The summed E-state index contributed by atoms with van der Waals surface area (Å²) in [6, 6.07) is -1.69. The minimum Gasteiger partial charge on any atom is -0.481 e. The van der Waals surface area contributed by atoms with Crippen LogP contribution in [0, 0.1) is 0 Å². The molecule has 2 atom stereocenters. The number of amides is 2. The van der Waals surface area contributed by atoms with Gasteiger partial charge in [-0.25, -0.2) is 9.59 Å². The van der Waals surface area contributed by atoms with Crippen molar-refractivity contribution in [1.29, 1.82) is 0 Å². The minimum absolute atomic E-state index is 0.234. The summed E-state index contributed by atoms with van der Waals surface area (Å²) in [5.41, 5.74) is 0. The van der Waals surface area contributed by atoms with E-state index < -0.39 is 30.4 Å². The number of carbonyl (C=O) groups excluding carboxylic acids is 1. The molecule has 0 radical (unpaired) electrons. The van der Waals surface area contributed by atoms with Crippen LogP contribution in [0.5, 0.6) is 0 Å². The number of carboxylic acid groups (broad SMARTS) is 2. The number of hydrogen-bond donors (Lipinski definition) is 3. The van der Waals surface area contributed by atoms with E-state index in [0.717, 1.165) is 6.42 Å². The molecular weight excluding hydrogens is 266 g/mol. The van der Waals surface area contributed by atoms with Crippen LogP contribution < -0.4 is 5.32 Å². The van der Waals surface area contributed by atoms with Crippen molar-refractivity contribution in [2.24, 2.45) is 0 Å². The van der Waals surface area contributed by atoms with Crippen LogP contribution in [0.25, 0.3) is 0 Å². The highest BCUT2D eigenvalue weighted by molar-refractivity contribution is 5.86. The summed E-state index contributed by atoms with van der Waals surface area (Å²) in [5.74, 6) is -2.61. The molecule has 1 unspecified atom stereocenters. The van der Waals surface area contributed by atoms with Crippen LogP contribution in [0.2, 0.25) is 0 Å². The number of likely N-dealkylation sites (N-methyl/N-ethyl adjacent to an activating group) is 1. The molecule has 0 spiro atoms. The van der Waals surface area contributed by atoms with E-state index in [0.29, 0.717) is 19.6 Å². The van der Waals surface area contributed by atoms with E-state index in [1.807, 2.05) is 14.0 Å². The molecule has 0 aromatic rings. The minimum atomic E-state index is -1.40. The van der Waals surface area contributed by atoms with Crippen molar-refractivity contribution in [1.82, 2.24) is 15.1 Å². The maximum atomic E-state index is 12.0. The molecule has 2 amide bonds. The molecule has 20 heavy (non-hydrogen) atoms. The molecule has 1 heterocycles. The van der Waals surface area contributed by atoms with E-state index in [1.165, 1.54) is 4.90 Å². The van der Waals surface area contributed by atoms with E-state index in [4.69, 9.17) is 10.2 Å². The molecule has 1 aliphatic rings. The number of carbonyl (C=O) groups is 3. The zero-order chi connectivity index (χ0) is 15.3. The maximum absolute atomic E-state index is 12.0. The van der Waals surface area contributed by atoms with Crippen LogP contribution in [-0.4, -0.2) is 76.7 Å². The summed E-state index contributed by atoms with van der Waals surface area (Å²) >= 11 is 0. The molecule has 8 heteroatoms. The lowest BCUT2D eigenvalue weighted by Gasteiger charge is -2.39. The Kier molecular flexibility index (Phi) is 5.75. The van der Waals surface area contributed by atoms with Gasteiger partial charge in [-0.15, -0.1) is 0 Å². The molecule has 114 valence electrons. The van der Waals surface area contributed by atoms with Gasteiger partial charge in [0.15, 0.2) is 0 Å². The molecule has 1 aliphatic heterocycles. The van der Waals surface area contributed by atoms with Crippen molar-refractivity contribution in [2.45, 2.75) is 31.8 Å². The monoisotopic (exact) mass is 287 g/mol. The topological polar surface area (TPSA) is 110 Å². The highest BCUT2D eigenvalue weighted by Crippen LogP contribution is 2.11. The quantitative estimate of drug-likeness (QED) is 0.637. The number of aliphatic carboxylic acids is 2. The van der Waals surface area contributed by atoms with Gasteiger partial charge in [0.2, 0.25) is 0 Å². The van der Waals surface area contributed by atoms with Crippen molar-refractivity contribution in [3.63, 3.8) is 0 Å². The fraction of sp³-hybridized carbons (Fsp3) is 0.750. The third kappa shape index (κ3) is 4.37. The molecule has 0 aromatic heterocycles. The van der Waals surface area contributed by atoms with Gasteiger partial charge in [0.05, 0.1) is 6.42 Å². The van der Waals surface area contributed by atoms with Gasteiger partial charge in [0, 0.05) is 25.7 Å². The molecule has 1 fully saturated rings. The summed E-state index contributed by atoms with van der Waals surface area (Å²) in [6.45, 7) is 3.74. The molecular formula is C12H21N3O5. The summed E-state index contributed by atoms with van der Waals surface area (Å²) in [6.07, 6.45) is 0.254. The first-order valence-corrected chi connectivity index (χ1v) is 6.55. The van der Waals surface area contributed by atoms with Gasteiger partial charge < -0.3 is 20.4 Å². The van der Waals surface area contributed by atoms with Gasteiger partial charge in [-0.1, -0.05) is 6.92 Å². The Balaban J connectivity index is 2.60. The van der Waals surface area contributed by atoms with Gasteiger partial charge in [0.1, 0.15) is 6.04 Å². The van der Waals surface area contributed by atoms with Gasteiger partial charge >= 0.3 is 18.0 Å². The number of piperazine rings is 1. The van der Waals surface area contributed by atoms with Crippen molar-refractivity contribution in [2.75, 3.05) is 26.7 Å². The zero-order valence-electron chi connectivity index (χ0n) is 11.7. The van der Waals surface area contributed by atoms with E-state index >= 15 is 0 Å². The predicted octanol–water partition coefficient (Wildman–Crippen LogP) is -0.350. The molecule has 1 saturated heterocycles. The van der Waals surface area contributed by atoms with E-state index in [-0.39, 0.29) is 6.04 Å². The summed E-state index contributed by atoms with van der Waals surface area (Å²) in [5, 5.41) is 19.8. The van der Waals surface area contributed by atoms with Gasteiger partial charge in [0.25, 0.3) is 0 Å². The summed E-state index contributed by atoms with van der Waals surface area (Å²) in [7, 11) is 1.98. The van der Waals surface area contributed by atoms with Crippen molar-refractivity contribution < 1.29 is 24.6 Å².